The van der Waals surface area contributed by atoms with E-state index in [0.717, 1.165) is 6.07 Å². The normalized spacial score (nSPS) is 10.3. The number of nitrogens with one attached hydrogen (secondary N) is 1. The maximum absolute atomic E-state index is 13.8. The van der Waals surface area contributed by atoms with E-state index in [1.807, 2.05) is 0 Å². The highest BCUT2D eigenvalue weighted by atomic mass is 19.1. The molecule has 0 aliphatic carbocycles. The van der Waals surface area contributed by atoms with Crippen LogP contribution in [-0.4, -0.2) is 17.0 Å². The third kappa shape index (κ3) is 2.85. The van der Waals surface area contributed by atoms with Crippen molar-refractivity contribution in [1.82, 2.24) is 4.98 Å². The summed E-state index contributed by atoms with van der Waals surface area (Å²) in [6.07, 6.45) is 1.55. The molecule has 2 aromatic rings. The number of oxazole rings is 1. The molecule has 1 N–H and O–H groups in total. The predicted molar refractivity (Wildman–Crippen MR) is 68.2 cm³/mol. The molecule has 0 aliphatic heterocycles. The van der Waals surface area contributed by atoms with E-state index in [0.29, 0.717) is 11.7 Å². The lowest BCUT2D eigenvalue weighted by molar-refractivity contribution is -0.385. The Morgan fingerprint density at radius 3 is 2.85 bits per heavy atom. The van der Waals surface area contributed by atoms with Crippen LogP contribution in [0.2, 0.25) is 0 Å². The van der Waals surface area contributed by atoms with Gasteiger partial charge in [0.05, 0.1) is 36.5 Å². The maximum Gasteiger partial charge on any atom is 0.313 e. The molecule has 0 spiro atoms. The van der Waals surface area contributed by atoms with Crippen molar-refractivity contribution in [3.8, 4) is 5.75 Å². The van der Waals surface area contributed by atoms with Gasteiger partial charge in [-0.15, -0.1) is 0 Å². The van der Waals surface area contributed by atoms with Crippen molar-refractivity contribution in [2.24, 2.45) is 0 Å². The van der Waals surface area contributed by atoms with Gasteiger partial charge in [0.25, 0.3) is 0 Å². The Bertz CT molecular complexity index is 642. The van der Waals surface area contributed by atoms with Crippen LogP contribution in [0.5, 0.6) is 5.75 Å². The fourth-order valence-electron chi connectivity index (χ4n) is 1.64. The van der Waals surface area contributed by atoms with Crippen molar-refractivity contribution < 1.29 is 18.5 Å². The lowest BCUT2D eigenvalue weighted by Crippen LogP contribution is -2.03. The molecule has 106 valence electrons. The van der Waals surface area contributed by atoms with E-state index < -0.39 is 16.4 Å². The Morgan fingerprint density at radius 1 is 1.55 bits per heavy atom. The summed E-state index contributed by atoms with van der Waals surface area (Å²) < 4.78 is 23.9. The average Bonchev–Trinajstić information content (AvgIpc) is 2.82. The number of hydrogen-bond acceptors (Lipinski definition) is 6. The van der Waals surface area contributed by atoms with E-state index >= 15 is 0 Å². The van der Waals surface area contributed by atoms with Gasteiger partial charge in [-0.2, -0.15) is 0 Å². The van der Waals surface area contributed by atoms with Crippen LogP contribution in [-0.2, 0) is 6.54 Å². The molecule has 1 aromatic heterocycles. The van der Waals surface area contributed by atoms with Crippen LogP contribution in [0.1, 0.15) is 11.7 Å². The lowest BCUT2D eigenvalue weighted by atomic mass is 10.2. The summed E-state index contributed by atoms with van der Waals surface area (Å²) in [5, 5.41) is 13.5. The molecule has 0 unspecified atom stereocenters. The highest BCUT2D eigenvalue weighted by Gasteiger charge is 2.19. The minimum Gasteiger partial charge on any atom is -0.490 e. The molecule has 0 bridgehead atoms. The van der Waals surface area contributed by atoms with Crippen LogP contribution in [0.4, 0.5) is 15.8 Å². The van der Waals surface area contributed by atoms with Crippen molar-refractivity contribution in [3.05, 3.63) is 45.9 Å². The van der Waals surface area contributed by atoms with Crippen LogP contribution in [0.25, 0.3) is 0 Å². The molecule has 8 heteroatoms. The van der Waals surface area contributed by atoms with Gasteiger partial charge in [-0.3, -0.25) is 10.1 Å². The number of aryl methyl sites for hydroxylation is 1. The van der Waals surface area contributed by atoms with Gasteiger partial charge in [-0.05, 0) is 6.92 Å². The van der Waals surface area contributed by atoms with Crippen molar-refractivity contribution in [3.63, 3.8) is 0 Å². The molecule has 0 fully saturated rings. The number of rotatable bonds is 5. The quantitative estimate of drug-likeness (QED) is 0.669. The van der Waals surface area contributed by atoms with Gasteiger partial charge in [0, 0.05) is 6.07 Å². The number of benzene rings is 1. The Morgan fingerprint density at radius 2 is 2.30 bits per heavy atom. The van der Waals surface area contributed by atoms with Gasteiger partial charge in [-0.1, -0.05) is 0 Å². The molecule has 0 saturated carbocycles. The highest BCUT2D eigenvalue weighted by Crippen LogP contribution is 2.32. The second-order valence-electron chi connectivity index (χ2n) is 3.98. The summed E-state index contributed by atoms with van der Waals surface area (Å²) >= 11 is 0. The highest BCUT2D eigenvalue weighted by molar-refractivity contribution is 5.59. The van der Waals surface area contributed by atoms with E-state index in [2.05, 4.69) is 10.3 Å². The molecule has 7 nitrogen and oxygen atoms in total. The number of hydrogen-bond donors (Lipinski definition) is 1. The first kappa shape index (κ1) is 13.8. The number of ether oxygens (including phenoxy) is 1. The largest absolute Gasteiger partial charge is 0.490 e. The zero-order chi connectivity index (χ0) is 14.7. The molecule has 2 rings (SSSR count). The molecule has 0 amide bonds. The second kappa shape index (κ2) is 5.55. The van der Waals surface area contributed by atoms with E-state index in [1.54, 1.807) is 13.1 Å². The molecule has 0 saturated heterocycles. The number of nitrogens with zero attached hydrogens (tertiary/aromatic N) is 2. The van der Waals surface area contributed by atoms with Gasteiger partial charge in [0.15, 0.2) is 11.6 Å². The molecule has 20 heavy (non-hydrogen) atoms. The molecular weight excluding hydrogens is 269 g/mol. The molecule has 0 radical (unpaired) electrons. The predicted octanol–water partition coefficient (Wildman–Crippen LogP) is 2.65. The van der Waals surface area contributed by atoms with Crippen molar-refractivity contribution in [1.29, 1.82) is 0 Å². The standard InChI is InChI=1S/C12H12FN3O4/c1-7-5-15-12(20-7)6-14-9-4-11(19-2)10(16(17)18)3-8(9)13/h3-5,14H,6H2,1-2H3. The van der Waals surface area contributed by atoms with Gasteiger partial charge >= 0.3 is 5.69 Å². The fraction of sp³-hybridized carbons (Fsp3) is 0.250. The Hall–Kier alpha value is -2.64. The number of aromatic nitrogens is 1. The molecule has 1 heterocycles. The van der Waals surface area contributed by atoms with Crippen LogP contribution >= 0.6 is 0 Å². The Balaban J connectivity index is 2.21. The number of halogens is 1. The first-order valence-electron chi connectivity index (χ1n) is 5.68. The van der Waals surface area contributed by atoms with Crippen LogP contribution in [0.3, 0.4) is 0 Å². The number of methoxy groups -OCH3 is 1. The SMILES string of the molecule is COc1cc(NCc2ncc(C)o2)c(F)cc1[N+](=O)[O-]. The van der Waals surface area contributed by atoms with Gasteiger partial charge in [-0.25, -0.2) is 9.37 Å². The first-order valence-corrected chi connectivity index (χ1v) is 5.68. The average molecular weight is 281 g/mol. The molecule has 1 aromatic carbocycles. The fourth-order valence-corrected chi connectivity index (χ4v) is 1.64. The number of nitro benzene ring substituents is 1. The smallest absolute Gasteiger partial charge is 0.313 e. The maximum atomic E-state index is 13.8. The van der Waals surface area contributed by atoms with Gasteiger partial charge < -0.3 is 14.5 Å². The Labute approximate surface area is 113 Å². The third-order valence-corrected chi connectivity index (χ3v) is 2.56. The zero-order valence-corrected chi connectivity index (χ0v) is 10.8. The number of anilines is 1. The summed E-state index contributed by atoms with van der Waals surface area (Å²) in [7, 11) is 1.28. The summed E-state index contributed by atoms with van der Waals surface area (Å²) in [4.78, 5) is 14.0. The van der Waals surface area contributed by atoms with E-state index in [-0.39, 0.29) is 18.0 Å². The minimum absolute atomic E-state index is 0.0255. The lowest BCUT2D eigenvalue weighted by Gasteiger charge is -2.08. The van der Waals surface area contributed by atoms with E-state index in [1.165, 1.54) is 13.2 Å². The summed E-state index contributed by atoms with van der Waals surface area (Å²) in [5.74, 6) is 0.256. The van der Waals surface area contributed by atoms with Crippen LogP contribution < -0.4 is 10.1 Å². The summed E-state index contributed by atoms with van der Waals surface area (Å²) in [6.45, 7) is 1.90. The van der Waals surface area contributed by atoms with Gasteiger partial charge in [0.1, 0.15) is 5.76 Å². The third-order valence-electron chi connectivity index (χ3n) is 2.56. The van der Waals surface area contributed by atoms with E-state index in [4.69, 9.17) is 9.15 Å². The topological polar surface area (TPSA) is 90.4 Å². The second-order valence-corrected chi connectivity index (χ2v) is 3.98. The Kier molecular flexibility index (Phi) is 3.83. The monoisotopic (exact) mass is 281 g/mol. The van der Waals surface area contributed by atoms with Crippen molar-refractivity contribution in [2.45, 2.75) is 13.5 Å². The van der Waals surface area contributed by atoms with Gasteiger partial charge in [0.2, 0.25) is 5.89 Å². The molecule has 0 atom stereocenters. The molecule has 0 aliphatic rings. The zero-order valence-electron chi connectivity index (χ0n) is 10.8. The molecular formula is C12H12FN3O4. The van der Waals surface area contributed by atoms with Crippen LogP contribution in [0, 0.1) is 22.9 Å². The van der Waals surface area contributed by atoms with Crippen molar-refractivity contribution >= 4 is 11.4 Å². The minimum atomic E-state index is -0.749. The van der Waals surface area contributed by atoms with E-state index in [9.17, 15) is 14.5 Å². The number of nitro groups is 1. The summed E-state index contributed by atoms with van der Waals surface area (Å²) in [5.41, 5.74) is -0.356. The van der Waals surface area contributed by atoms with Crippen molar-refractivity contribution in [2.75, 3.05) is 12.4 Å². The summed E-state index contributed by atoms with van der Waals surface area (Å²) in [6, 6.07) is 2.03. The first-order chi connectivity index (χ1) is 9.51. The van der Waals surface area contributed by atoms with Crippen LogP contribution in [0.15, 0.2) is 22.7 Å².